The van der Waals surface area contributed by atoms with Crippen LogP contribution in [0.2, 0.25) is 0 Å². The molecule has 2 aromatic rings. The van der Waals surface area contributed by atoms with Gasteiger partial charge in [-0.15, -0.1) is 11.3 Å². The second-order valence-corrected chi connectivity index (χ2v) is 9.24. The Morgan fingerprint density at radius 1 is 1.25 bits per heavy atom. The second-order valence-electron chi connectivity index (χ2n) is 8.16. The van der Waals surface area contributed by atoms with E-state index in [1.807, 2.05) is 11.3 Å². The molecule has 1 atom stereocenters. The van der Waals surface area contributed by atoms with Crippen molar-refractivity contribution in [1.29, 1.82) is 0 Å². The quantitative estimate of drug-likeness (QED) is 0.842. The summed E-state index contributed by atoms with van der Waals surface area (Å²) in [5.41, 5.74) is 1.43. The highest BCUT2D eigenvalue weighted by Gasteiger charge is 2.28. The lowest BCUT2D eigenvalue weighted by atomic mass is 9.89. The molecule has 28 heavy (non-hydrogen) atoms. The van der Waals surface area contributed by atoms with E-state index < -0.39 is 0 Å². The van der Waals surface area contributed by atoms with Gasteiger partial charge in [0, 0.05) is 31.1 Å². The van der Waals surface area contributed by atoms with E-state index in [1.165, 1.54) is 22.2 Å². The van der Waals surface area contributed by atoms with Gasteiger partial charge < -0.3 is 15.0 Å². The van der Waals surface area contributed by atoms with E-state index in [0.29, 0.717) is 13.1 Å². The van der Waals surface area contributed by atoms with Crippen LogP contribution in [0.5, 0.6) is 0 Å². The third-order valence-corrected chi connectivity index (χ3v) is 7.14. The van der Waals surface area contributed by atoms with Crippen molar-refractivity contribution in [2.45, 2.75) is 32.7 Å². The van der Waals surface area contributed by atoms with Gasteiger partial charge in [-0.2, -0.15) is 0 Å². The van der Waals surface area contributed by atoms with Crippen molar-refractivity contribution in [3.63, 3.8) is 0 Å². The molecule has 1 aliphatic carbocycles. The van der Waals surface area contributed by atoms with Gasteiger partial charge in [-0.3, -0.25) is 9.69 Å². The number of ether oxygens (including phenoxy) is 1. The number of aryl methyl sites for hydroxylation is 1. The Morgan fingerprint density at radius 3 is 2.93 bits per heavy atom. The molecule has 0 unspecified atom stereocenters. The normalized spacial score (nSPS) is 23.7. The number of amides is 1. The molecule has 0 bridgehead atoms. The predicted molar refractivity (Wildman–Crippen MR) is 110 cm³/mol. The van der Waals surface area contributed by atoms with Gasteiger partial charge in [-0.1, -0.05) is 6.92 Å². The van der Waals surface area contributed by atoms with Crippen molar-refractivity contribution < 1.29 is 9.53 Å². The maximum absolute atomic E-state index is 12.0. The van der Waals surface area contributed by atoms with E-state index in [9.17, 15) is 4.79 Å². The fourth-order valence-corrected chi connectivity index (χ4v) is 5.84. The summed E-state index contributed by atoms with van der Waals surface area (Å²) in [6, 6.07) is 0. The number of hydrogen-bond acceptors (Lipinski definition) is 7. The molecule has 2 aromatic heterocycles. The lowest BCUT2D eigenvalue weighted by Crippen LogP contribution is -2.48. The van der Waals surface area contributed by atoms with Crippen LogP contribution in [-0.4, -0.2) is 66.7 Å². The Labute approximate surface area is 169 Å². The predicted octanol–water partition coefficient (Wildman–Crippen LogP) is 1.58. The molecular weight excluding hydrogens is 374 g/mol. The minimum absolute atomic E-state index is 0.0745. The molecule has 7 nitrogen and oxygen atoms in total. The molecule has 1 N–H and O–H groups in total. The number of anilines is 1. The first-order valence-corrected chi connectivity index (χ1v) is 11.1. The number of piperazine rings is 1. The molecule has 0 aromatic carbocycles. The SMILES string of the molecule is C[C@H]1CCc2c(sc3nc(CN4CCOCC4)nc(N4CCNC(=O)C4)c23)C1. The van der Waals surface area contributed by atoms with Crippen LogP contribution < -0.4 is 10.2 Å². The van der Waals surface area contributed by atoms with Crippen molar-refractivity contribution >= 4 is 33.3 Å². The molecule has 150 valence electrons. The van der Waals surface area contributed by atoms with Crippen molar-refractivity contribution in [3.8, 4) is 0 Å². The van der Waals surface area contributed by atoms with Crippen molar-refractivity contribution in [3.05, 3.63) is 16.3 Å². The van der Waals surface area contributed by atoms with E-state index in [4.69, 9.17) is 14.7 Å². The first kappa shape index (κ1) is 18.3. The Hall–Kier alpha value is -1.77. The zero-order valence-electron chi connectivity index (χ0n) is 16.4. The molecule has 2 aliphatic heterocycles. The molecule has 0 spiro atoms. The zero-order valence-corrected chi connectivity index (χ0v) is 17.2. The molecule has 4 heterocycles. The van der Waals surface area contributed by atoms with Gasteiger partial charge in [-0.05, 0) is 30.7 Å². The topological polar surface area (TPSA) is 70.6 Å². The van der Waals surface area contributed by atoms with Gasteiger partial charge in [0.1, 0.15) is 16.5 Å². The fourth-order valence-electron chi connectivity index (χ4n) is 4.44. The molecule has 3 aliphatic rings. The number of nitrogens with one attached hydrogen (secondary N) is 1. The van der Waals surface area contributed by atoms with Gasteiger partial charge in [0.05, 0.1) is 31.7 Å². The summed E-state index contributed by atoms with van der Waals surface area (Å²) in [5.74, 6) is 2.63. The van der Waals surface area contributed by atoms with E-state index in [0.717, 1.165) is 74.6 Å². The standard InChI is InChI=1S/C20H27N5O2S/c1-13-2-3-14-15(10-13)28-20-18(14)19(25-5-4-21-17(26)12-25)22-16(23-20)11-24-6-8-27-9-7-24/h13H,2-12H2,1H3,(H,21,26)/t13-/m0/s1. The number of hydrogen-bond donors (Lipinski definition) is 1. The van der Waals surface area contributed by atoms with Crippen LogP contribution in [0.3, 0.4) is 0 Å². The van der Waals surface area contributed by atoms with Crippen LogP contribution >= 0.6 is 11.3 Å². The summed E-state index contributed by atoms with van der Waals surface area (Å²) >= 11 is 1.84. The minimum Gasteiger partial charge on any atom is -0.379 e. The number of carbonyl (C=O) groups excluding carboxylic acids is 1. The largest absolute Gasteiger partial charge is 0.379 e. The third-order valence-electron chi connectivity index (χ3n) is 5.99. The summed E-state index contributed by atoms with van der Waals surface area (Å²) in [6.07, 6.45) is 3.44. The number of aromatic nitrogens is 2. The van der Waals surface area contributed by atoms with Crippen molar-refractivity contribution in [1.82, 2.24) is 20.2 Å². The fraction of sp³-hybridized carbons (Fsp3) is 0.650. The maximum atomic E-state index is 12.0. The molecular formula is C20H27N5O2S. The highest BCUT2D eigenvalue weighted by Crippen LogP contribution is 2.41. The molecule has 1 amide bonds. The lowest BCUT2D eigenvalue weighted by molar-refractivity contribution is -0.120. The van der Waals surface area contributed by atoms with Crippen LogP contribution in [0.15, 0.2) is 0 Å². The smallest absolute Gasteiger partial charge is 0.239 e. The average molecular weight is 402 g/mol. The van der Waals surface area contributed by atoms with E-state index in [1.54, 1.807) is 0 Å². The van der Waals surface area contributed by atoms with Crippen LogP contribution in [-0.2, 0) is 28.9 Å². The first-order valence-electron chi connectivity index (χ1n) is 10.3. The number of thiophene rings is 1. The highest BCUT2D eigenvalue weighted by molar-refractivity contribution is 7.19. The third kappa shape index (κ3) is 3.49. The van der Waals surface area contributed by atoms with Crippen LogP contribution in [0.25, 0.3) is 10.2 Å². The first-order chi connectivity index (χ1) is 13.7. The molecule has 2 saturated heterocycles. The zero-order chi connectivity index (χ0) is 19.1. The summed E-state index contributed by atoms with van der Waals surface area (Å²) in [6.45, 7) is 8.30. The van der Waals surface area contributed by atoms with E-state index >= 15 is 0 Å². The summed E-state index contributed by atoms with van der Waals surface area (Å²) in [7, 11) is 0. The van der Waals surface area contributed by atoms with Crippen molar-refractivity contribution in [2.75, 3.05) is 50.8 Å². The van der Waals surface area contributed by atoms with Gasteiger partial charge in [0.15, 0.2) is 0 Å². The summed E-state index contributed by atoms with van der Waals surface area (Å²) < 4.78 is 5.47. The Morgan fingerprint density at radius 2 is 2.11 bits per heavy atom. The number of rotatable bonds is 3. The molecule has 0 saturated carbocycles. The Bertz CT molecular complexity index is 892. The molecule has 2 fully saturated rings. The Balaban J connectivity index is 1.57. The summed E-state index contributed by atoms with van der Waals surface area (Å²) in [4.78, 5) is 29.1. The second kappa shape index (κ2) is 7.57. The van der Waals surface area contributed by atoms with Crippen LogP contribution in [0.4, 0.5) is 5.82 Å². The van der Waals surface area contributed by atoms with Gasteiger partial charge in [0.25, 0.3) is 0 Å². The van der Waals surface area contributed by atoms with Crippen LogP contribution in [0.1, 0.15) is 29.6 Å². The average Bonchev–Trinajstić information content (AvgIpc) is 3.05. The van der Waals surface area contributed by atoms with Gasteiger partial charge in [-0.25, -0.2) is 9.97 Å². The lowest BCUT2D eigenvalue weighted by Gasteiger charge is -2.30. The highest BCUT2D eigenvalue weighted by atomic mass is 32.1. The van der Waals surface area contributed by atoms with E-state index in [-0.39, 0.29) is 5.91 Å². The van der Waals surface area contributed by atoms with Gasteiger partial charge in [0.2, 0.25) is 5.91 Å². The number of fused-ring (bicyclic) bond motifs is 3. The number of morpholine rings is 1. The van der Waals surface area contributed by atoms with Crippen molar-refractivity contribution in [2.24, 2.45) is 5.92 Å². The molecule has 8 heteroatoms. The van der Waals surface area contributed by atoms with E-state index in [2.05, 4.69) is 22.0 Å². The minimum atomic E-state index is 0.0745. The Kier molecular flexibility index (Phi) is 4.94. The molecule has 5 rings (SSSR count). The number of carbonyl (C=O) groups is 1. The monoisotopic (exact) mass is 401 g/mol. The summed E-state index contributed by atoms with van der Waals surface area (Å²) in [5, 5.41) is 4.13. The number of nitrogens with zero attached hydrogens (tertiary/aromatic N) is 4. The van der Waals surface area contributed by atoms with Gasteiger partial charge >= 0.3 is 0 Å². The molecule has 0 radical (unpaired) electrons. The van der Waals surface area contributed by atoms with Crippen LogP contribution in [0, 0.1) is 5.92 Å². The maximum Gasteiger partial charge on any atom is 0.239 e.